The van der Waals surface area contributed by atoms with E-state index < -0.39 is 0 Å². The summed E-state index contributed by atoms with van der Waals surface area (Å²) in [6, 6.07) is -0.279. The zero-order valence-corrected chi connectivity index (χ0v) is 10.3. The van der Waals surface area contributed by atoms with Gasteiger partial charge >= 0.3 is 6.03 Å². The summed E-state index contributed by atoms with van der Waals surface area (Å²) >= 11 is 0. The standard InChI is InChI=1S/C12H20N2O2/c1-4-6-7-10-9(3)8-14(11(10)15)12(16)13-5-2/h4-8H2,1-3H3,(H,13,16). The van der Waals surface area contributed by atoms with Gasteiger partial charge in [0.15, 0.2) is 0 Å². The van der Waals surface area contributed by atoms with Gasteiger partial charge in [0.25, 0.3) is 5.91 Å². The third kappa shape index (κ3) is 2.62. The molecule has 1 heterocycles. The quantitative estimate of drug-likeness (QED) is 0.794. The van der Waals surface area contributed by atoms with Gasteiger partial charge < -0.3 is 5.32 Å². The van der Waals surface area contributed by atoms with Gasteiger partial charge in [-0.25, -0.2) is 4.79 Å². The van der Waals surface area contributed by atoms with Crippen LogP contribution >= 0.6 is 0 Å². The Kier molecular flexibility index (Phi) is 4.52. The van der Waals surface area contributed by atoms with Crippen molar-refractivity contribution in [2.45, 2.75) is 40.0 Å². The number of urea groups is 1. The van der Waals surface area contributed by atoms with Crippen LogP contribution < -0.4 is 5.32 Å². The van der Waals surface area contributed by atoms with E-state index in [2.05, 4.69) is 12.2 Å². The Morgan fingerprint density at radius 1 is 1.44 bits per heavy atom. The van der Waals surface area contributed by atoms with Crippen molar-refractivity contribution in [3.8, 4) is 0 Å². The first kappa shape index (κ1) is 12.7. The molecule has 3 amide bonds. The Hall–Kier alpha value is -1.32. The zero-order valence-electron chi connectivity index (χ0n) is 10.3. The molecule has 0 aromatic carbocycles. The molecule has 0 unspecified atom stereocenters. The average Bonchev–Trinajstić information content (AvgIpc) is 2.53. The fraction of sp³-hybridized carbons (Fsp3) is 0.667. The van der Waals surface area contributed by atoms with Crippen LogP contribution in [0.25, 0.3) is 0 Å². The third-order valence-electron chi connectivity index (χ3n) is 2.77. The van der Waals surface area contributed by atoms with E-state index in [1.54, 1.807) is 0 Å². The molecular weight excluding hydrogens is 204 g/mol. The molecule has 1 aliphatic rings. The second-order valence-electron chi connectivity index (χ2n) is 4.09. The van der Waals surface area contributed by atoms with E-state index in [1.807, 2.05) is 13.8 Å². The normalized spacial score (nSPS) is 15.9. The minimum atomic E-state index is -0.279. The Labute approximate surface area is 96.7 Å². The second kappa shape index (κ2) is 5.68. The Balaban J connectivity index is 2.66. The summed E-state index contributed by atoms with van der Waals surface area (Å²) in [5.74, 6) is -0.114. The Morgan fingerprint density at radius 3 is 2.69 bits per heavy atom. The van der Waals surface area contributed by atoms with Crippen LogP contribution in [0.1, 0.15) is 40.0 Å². The van der Waals surface area contributed by atoms with Gasteiger partial charge in [0, 0.05) is 12.1 Å². The number of amides is 3. The number of hydrogen-bond donors (Lipinski definition) is 1. The highest BCUT2D eigenvalue weighted by Crippen LogP contribution is 2.23. The number of nitrogens with zero attached hydrogens (tertiary/aromatic N) is 1. The molecule has 0 radical (unpaired) electrons. The maximum atomic E-state index is 11.9. The molecule has 1 rings (SSSR count). The molecule has 90 valence electrons. The van der Waals surface area contributed by atoms with E-state index in [0.29, 0.717) is 13.1 Å². The van der Waals surface area contributed by atoms with Gasteiger partial charge in [-0.1, -0.05) is 13.3 Å². The van der Waals surface area contributed by atoms with E-state index in [4.69, 9.17) is 0 Å². The van der Waals surface area contributed by atoms with Crippen LogP contribution in [0.5, 0.6) is 0 Å². The summed E-state index contributed by atoms with van der Waals surface area (Å²) in [7, 11) is 0. The monoisotopic (exact) mass is 224 g/mol. The van der Waals surface area contributed by atoms with Gasteiger partial charge in [-0.2, -0.15) is 0 Å². The van der Waals surface area contributed by atoms with Crippen LogP contribution in [-0.2, 0) is 4.79 Å². The predicted molar refractivity (Wildman–Crippen MR) is 63.0 cm³/mol. The molecule has 1 aliphatic heterocycles. The third-order valence-corrected chi connectivity index (χ3v) is 2.77. The lowest BCUT2D eigenvalue weighted by molar-refractivity contribution is -0.123. The molecule has 0 aromatic heterocycles. The second-order valence-corrected chi connectivity index (χ2v) is 4.09. The van der Waals surface area contributed by atoms with Gasteiger partial charge in [0.05, 0.1) is 6.54 Å². The van der Waals surface area contributed by atoms with Crippen LogP contribution in [0.15, 0.2) is 11.1 Å². The molecule has 0 saturated carbocycles. The first-order valence-corrected chi connectivity index (χ1v) is 5.90. The van der Waals surface area contributed by atoms with E-state index in [9.17, 15) is 9.59 Å². The Bertz CT molecular complexity index is 321. The number of rotatable bonds is 4. The summed E-state index contributed by atoms with van der Waals surface area (Å²) in [6.07, 6.45) is 2.85. The van der Waals surface area contributed by atoms with E-state index in [1.165, 1.54) is 4.90 Å². The number of unbranched alkanes of at least 4 members (excludes halogenated alkanes) is 1. The molecule has 1 N–H and O–H groups in total. The number of imide groups is 1. The highest BCUT2D eigenvalue weighted by molar-refractivity contribution is 6.06. The van der Waals surface area contributed by atoms with Crippen molar-refractivity contribution in [2.75, 3.05) is 13.1 Å². The smallest absolute Gasteiger partial charge is 0.324 e. The number of carbonyl (C=O) groups excluding carboxylic acids is 2. The first-order chi connectivity index (χ1) is 7.61. The van der Waals surface area contributed by atoms with Gasteiger partial charge in [-0.15, -0.1) is 0 Å². The first-order valence-electron chi connectivity index (χ1n) is 5.90. The number of nitrogens with one attached hydrogen (secondary N) is 1. The zero-order chi connectivity index (χ0) is 12.1. The highest BCUT2D eigenvalue weighted by atomic mass is 16.2. The fourth-order valence-corrected chi connectivity index (χ4v) is 1.83. The molecule has 0 spiro atoms. The van der Waals surface area contributed by atoms with Crippen molar-refractivity contribution in [2.24, 2.45) is 0 Å². The van der Waals surface area contributed by atoms with Crippen molar-refractivity contribution in [3.05, 3.63) is 11.1 Å². The van der Waals surface area contributed by atoms with Crippen molar-refractivity contribution >= 4 is 11.9 Å². The van der Waals surface area contributed by atoms with E-state index in [0.717, 1.165) is 30.4 Å². The SMILES string of the molecule is CCCCC1=C(C)CN(C(=O)NCC)C1=O. The van der Waals surface area contributed by atoms with Crippen LogP contribution in [-0.4, -0.2) is 29.9 Å². The van der Waals surface area contributed by atoms with Crippen molar-refractivity contribution in [3.63, 3.8) is 0 Å². The van der Waals surface area contributed by atoms with Gasteiger partial charge in [0.1, 0.15) is 0 Å². The topological polar surface area (TPSA) is 49.4 Å². The van der Waals surface area contributed by atoms with E-state index >= 15 is 0 Å². The van der Waals surface area contributed by atoms with Gasteiger partial charge in [-0.3, -0.25) is 9.69 Å². The molecule has 0 saturated heterocycles. The van der Waals surface area contributed by atoms with E-state index in [-0.39, 0.29) is 11.9 Å². The molecule has 16 heavy (non-hydrogen) atoms. The van der Waals surface area contributed by atoms with Gasteiger partial charge in [0.2, 0.25) is 0 Å². The summed E-state index contributed by atoms with van der Waals surface area (Å²) in [5.41, 5.74) is 1.86. The average molecular weight is 224 g/mol. The molecule has 4 nitrogen and oxygen atoms in total. The largest absolute Gasteiger partial charge is 0.338 e. The summed E-state index contributed by atoms with van der Waals surface area (Å²) in [4.78, 5) is 24.8. The van der Waals surface area contributed by atoms with Crippen molar-refractivity contribution in [1.82, 2.24) is 10.2 Å². The molecule has 0 aromatic rings. The summed E-state index contributed by atoms with van der Waals surface area (Å²) in [5, 5.41) is 2.65. The van der Waals surface area contributed by atoms with Crippen LogP contribution in [0.4, 0.5) is 4.79 Å². The molecule has 0 atom stereocenters. The van der Waals surface area contributed by atoms with Crippen LogP contribution in [0.3, 0.4) is 0 Å². The minimum absolute atomic E-state index is 0.114. The maximum absolute atomic E-state index is 11.9. The van der Waals surface area contributed by atoms with Crippen LogP contribution in [0, 0.1) is 0 Å². The molecule has 4 heteroatoms. The predicted octanol–water partition coefficient (Wildman–Crippen LogP) is 2.06. The summed E-state index contributed by atoms with van der Waals surface area (Å²) in [6.45, 7) is 6.87. The summed E-state index contributed by atoms with van der Waals surface area (Å²) < 4.78 is 0. The lowest BCUT2D eigenvalue weighted by Gasteiger charge is -2.14. The van der Waals surface area contributed by atoms with Crippen molar-refractivity contribution in [1.29, 1.82) is 0 Å². The van der Waals surface area contributed by atoms with Crippen LogP contribution in [0.2, 0.25) is 0 Å². The lowest BCUT2D eigenvalue weighted by atomic mass is 10.1. The number of hydrogen-bond acceptors (Lipinski definition) is 2. The van der Waals surface area contributed by atoms with Crippen molar-refractivity contribution < 1.29 is 9.59 Å². The number of carbonyl (C=O) groups is 2. The fourth-order valence-electron chi connectivity index (χ4n) is 1.83. The maximum Gasteiger partial charge on any atom is 0.324 e. The molecule has 0 bridgehead atoms. The lowest BCUT2D eigenvalue weighted by Crippen LogP contribution is -2.41. The van der Waals surface area contributed by atoms with Gasteiger partial charge in [-0.05, 0) is 32.3 Å². The molecular formula is C12H20N2O2. The Morgan fingerprint density at radius 2 is 2.12 bits per heavy atom. The highest BCUT2D eigenvalue weighted by Gasteiger charge is 2.31. The minimum Gasteiger partial charge on any atom is -0.338 e. The molecule has 0 aliphatic carbocycles. The molecule has 0 fully saturated rings.